The number of pyridine rings is 1. The molecule has 8 heteroatoms. The van der Waals surface area contributed by atoms with Gasteiger partial charge in [-0.25, -0.2) is 17.8 Å². The largest absolute Gasteiger partial charge is 0.278 e. The van der Waals surface area contributed by atoms with Crippen molar-refractivity contribution in [2.75, 3.05) is 4.72 Å². The lowest BCUT2D eigenvalue weighted by Gasteiger charge is -2.13. The Bertz CT molecular complexity index is 789. The van der Waals surface area contributed by atoms with Crippen LogP contribution >= 0.6 is 27.5 Å². The van der Waals surface area contributed by atoms with Gasteiger partial charge in [-0.3, -0.25) is 4.72 Å². The van der Waals surface area contributed by atoms with E-state index in [4.69, 9.17) is 11.6 Å². The molecule has 112 valence electrons. The Morgan fingerprint density at radius 1 is 1.24 bits per heavy atom. The van der Waals surface area contributed by atoms with Crippen molar-refractivity contribution >= 4 is 43.2 Å². The van der Waals surface area contributed by atoms with Gasteiger partial charge in [-0.15, -0.1) is 0 Å². The molecule has 1 aromatic carbocycles. The van der Waals surface area contributed by atoms with Crippen LogP contribution in [0.15, 0.2) is 33.8 Å². The summed E-state index contributed by atoms with van der Waals surface area (Å²) in [6.07, 6.45) is 1.30. The molecule has 0 saturated carbocycles. The van der Waals surface area contributed by atoms with Crippen molar-refractivity contribution in [3.8, 4) is 0 Å². The lowest BCUT2D eigenvalue weighted by molar-refractivity contribution is 0.597. The second kappa shape index (κ2) is 5.90. The number of rotatable bonds is 3. The Hall–Kier alpha value is -1.18. The van der Waals surface area contributed by atoms with E-state index in [9.17, 15) is 12.8 Å². The average Bonchev–Trinajstić information content (AvgIpc) is 2.31. The van der Waals surface area contributed by atoms with Gasteiger partial charge in [0.2, 0.25) is 0 Å². The molecule has 0 bridgehead atoms. The van der Waals surface area contributed by atoms with E-state index in [1.54, 1.807) is 13.8 Å². The highest BCUT2D eigenvalue weighted by Crippen LogP contribution is 2.27. The lowest BCUT2D eigenvalue weighted by Crippen LogP contribution is -2.16. The van der Waals surface area contributed by atoms with Gasteiger partial charge in [-0.2, -0.15) is 0 Å². The Kier molecular flexibility index (Phi) is 4.55. The molecule has 2 rings (SSSR count). The van der Waals surface area contributed by atoms with Gasteiger partial charge >= 0.3 is 0 Å². The summed E-state index contributed by atoms with van der Waals surface area (Å²) in [5.41, 5.74) is 0.927. The van der Waals surface area contributed by atoms with Crippen LogP contribution in [0.5, 0.6) is 0 Å². The highest BCUT2D eigenvalue weighted by molar-refractivity contribution is 9.10. The SMILES string of the molecule is Cc1cc(F)cc(C)c1S(=O)(=O)Nc1cnc(Cl)c(Br)c1. The quantitative estimate of drug-likeness (QED) is 0.800. The van der Waals surface area contributed by atoms with E-state index in [0.29, 0.717) is 15.6 Å². The molecule has 0 saturated heterocycles. The van der Waals surface area contributed by atoms with E-state index in [0.717, 1.165) is 0 Å². The van der Waals surface area contributed by atoms with Crippen LogP contribution in [0.4, 0.5) is 10.1 Å². The van der Waals surface area contributed by atoms with Crippen LogP contribution in [-0.2, 0) is 10.0 Å². The molecular weight excluding hydrogens is 383 g/mol. The standard InChI is InChI=1S/C13H11BrClFN2O2S/c1-7-3-9(16)4-8(2)12(7)21(19,20)18-10-5-11(14)13(15)17-6-10/h3-6,18H,1-2H3. The van der Waals surface area contributed by atoms with Crippen molar-refractivity contribution in [2.45, 2.75) is 18.7 Å². The van der Waals surface area contributed by atoms with E-state index < -0.39 is 15.8 Å². The minimum Gasteiger partial charge on any atom is -0.278 e. The number of hydrogen-bond acceptors (Lipinski definition) is 3. The molecule has 0 spiro atoms. The van der Waals surface area contributed by atoms with Crippen molar-refractivity contribution in [2.24, 2.45) is 0 Å². The molecule has 0 aliphatic carbocycles. The molecule has 0 aliphatic rings. The number of nitrogens with one attached hydrogen (secondary N) is 1. The zero-order valence-electron chi connectivity index (χ0n) is 11.1. The van der Waals surface area contributed by atoms with Crippen LogP contribution < -0.4 is 4.72 Å². The van der Waals surface area contributed by atoms with E-state index >= 15 is 0 Å². The van der Waals surface area contributed by atoms with Crippen molar-refractivity contribution < 1.29 is 12.8 Å². The number of benzene rings is 1. The maximum absolute atomic E-state index is 13.3. The number of nitrogens with zero attached hydrogens (tertiary/aromatic N) is 1. The molecule has 21 heavy (non-hydrogen) atoms. The Morgan fingerprint density at radius 2 is 1.81 bits per heavy atom. The smallest absolute Gasteiger partial charge is 0.262 e. The van der Waals surface area contributed by atoms with Gasteiger partial charge in [0.05, 0.1) is 21.3 Å². The molecule has 1 aromatic heterocycles. The normalized spacial score (nSPS) is 11.5. The van der Waals surface area contributed by atoms with Gasteiger partial charge in [0, 0.05) is 0 Å². The summed E-state index contributed by atoms with van der Waals surface area (Å²) in [6, 6.07) is 3.86. The first-order chi connectivity index (χ1) is 9.70. The molecule has 2 aromatic rings. The summed E-state index contributed by atoms with van der Waals surface area (Å²) in [6.45, 7) is 3.08. The van der Waals surface area contributed by atoms with Crippen molar-refractivity contribution in [1.29, 1.82) is 0 Å². The molecule has 1 N–H and O–H groups in total. The monoisotopic (exact) mass is 392 g/mol. The van der Waals surface area contributed by atoms with Crippen LogP contribution in [0.2, 0.25) is 5.15 Å². The van der Waals surface area contributed by atoms with Gasteiger partial charge in [0.15, 0.2) is 0 Å². The predicted molar refractivity (Wildman–Crippen MR) is 83.6 cm³/mol. The summed E-state index contributed by atoms with van der Waals surface area (Å²) in [4.78, 5) is 3.90. The van der Waals surface area contributed by atoms with Crippen LogP contribution in [-0.4, -0.2) is 13.4 Å². The number of halogens is 3. The Balaban J connectivity index is 2.46. The molecule has 0 fully saturated rings. The number of anilines is 1. The van der Waals surface area contributed by atoms with Crippen LogP contribution in [0, 0.1) is 19.7 Å². The first kappa shape index (κ1) is 16.2. The minimum absolute atomic E-state index is 0.0509. The molecular formula is C13H11BrClFN2O2S. The fourth-order valence-electron chi connectivity index (χ4n) is 2.00. The summed E-state index contributed by atoms with van der Waals surface area (Å²) < 4.78 is 41.0. The van der Waals surface area contributed by atoms with Gasteiger partial charge in [-0.1, -0.05) is 11.6 Å². The minimum atomic E-state index is -3.84. The first-order valence-corrected chi connectivity index (χ1v) is 8.47. The number of aromatic nitrogens is 1. The maximum atomic E-state index is 13.3. The zero-order chi connectivity index (χ0) is 15.8. The molecule has 0 aliphatic heterocycles. The molecule has 0 unspecified atom stereocenters. The van der Waals surface area contributed by atoms with E-state index in [2.05, 4.69) is 25.6 Å². The number of aryl methyl sites for hydroxylation is 2. The summed E-state index contributed by atoms with van der Waals surface area (Å²) in [7, 11) is -3.84. The van der Waals surface area contributed by atoms with E-state index in [-0.39, 0.29) is 15.7 Å². The highest BCUT2D eigenvalue weighted by Gasteiger charge is 2.21. The van der Waals surface area contributed by atoms with Gasteiger partial charge in [0.25, 0.3) is 10.0 Å². The average molecular weight is 394 g/mol. The Labute approximate surface area is 135 Å². The number of sulfonamides is 1. The first-order valence-electron chi connectivity index (χ1n) is 5.81. The van der Waals surface area contributed by atoms with Crippen LogP contribution in [0.1, 0.15) is 11.1 Å². The van der Waals surface area contributed by atoms with Gasteiger partial charge in [0.1, 0.15) is 11.0 Å². The Morgan fingerprint density at radius 3 is 2.33 bits per heavy atom. The summed E-state index contributed by atoms with van der Waals surface area (Å²) in [5.74, 6) is -0.472. The fraction of sp³-hybridized carbons (Fsp3) is 0.154. The third kappa shape index (κ3) is 3.53. The predicted octanol–water partition coefficient (Wildman–Crippen LogP) is 4.05. The van der Waals surface area contributed by atoms with E-state index in [1.807, 2.05) is 0 Å². The third-order valence-electron chi connectivity index (χ3n) is 2.74. The summed E-state index contributed by atoms with van der Waals surface area (Å²) in [5, 5.41) is 0.229. The second-order valence-corrected chi connectivity index (χ2v) is 7.30. The molecule has 4 nitrogen and oxygen atoms in total. The number of hydrogen-bond donors (Lipinski definition) is 1. The van der Waals surface area contributed by atoms with E-state index in [1.165, 1.54) is 24.4 Å². The van der Waals surface area contributed by atoms with Crippen molar-refractivity contribution in [1.82, 2.24) is 4.98 Å². The molecule has 0 atom stereocenters. The maximum Gasteiger partial charge on any atom is 0.262 e. The molecule has 0 radical (unpaired) electrons. The highest BCUT2D eigenvalue weighted by atomic mass is 79.9. The zero-order valence-corrected chi connectivity index (χ0v) is 14.3. The van der Waals surface area contributed by atoms with Crippen LogP contribution in [0.3, 0.4) is 0 Å². The van der Waals surface area contributed by atoms with Crippen LogP contribution in [0.25, 0.3) is 0 Å². The van der Waals surface area contributed by atoms with Gasteiger partial charge in [-0.05, 0) is 59.1 Å². The fourth-order valence-corrected chi connectivity index (χ4v) is 3.95. The molecule has 1 heterocycles. The molecule has 0 amide bonds. The topological polar surface area (TPSA) is 59.1 Å². The lowest BCUT2D eigenvalue weighted by atomic mass is 10.1. The third-order valence-corrected chi connectivity index (χ3v) is 5.56. The van der Waals surface area contributed by atoms with Crippen molar-refractivity contribution in [3.63, 3.8) is 0 Å². The summed E-state index contributed by atoms with van der Waals surface area (Å²) >= 11 is 8.93. The van der Waals surface area contributed by atoms with Crippen molar-refractivity contribution in [3.05, 3.63) is 51.0 Å². The van der Waals surface area contributed by atoms with Gasteiger partial charge < -0.3 is 0 Å². The second-order valence-electron chi connectivity index (χ2n) is 4.47.